The Hall–Kier alpha value is -1.77. The molecule has 1 aromatic carbocycles. The number of H-pyrrole nitrogens is 1. The van der Waals surface area contributed by atoms with Gasteiger partial charge in [-0.15, -0.1) is 0 Å². The molecule has 0 bridgehead atoms. The van der Waals surface area contributed by atoms with E-state index in [0.29, 0.717) is 31.5 Å². The van der Waals surface area contributed by atoms with Crippen molar-refractivity contribution >= 4 is 10.0 Å². The number of hydrogen-bond acceptors (Lipinski definition) is 5. The van der Waals surface area contributed by atoms with Gasteiger partial charge in [-0.3, -0.25) is 5.10 Å². The van der Waals surface area contributed by atoms with Gasteiger partial charge in [0.2, 0.25) is 10.0 Å². The number of hydrogen-bond donors (Lipinski definition) is 3. The number of aromatic nitrogens is 3. The van der Waals surface area contributed by atoms with Gasteiger partial charge in [0, 0.05) is 19.5 Å². The van der Waals surface area contributed by atoms with Crippen LogP contribution in [0.3, 0.4) is 0 Å². The molecule has 2 rings (SSSR count). The molecule has 7 nitrogen and oxygen atoms in total. The highest BCUT2D eigenvalue weighted by molar-refractivity contribution is 7.89. The summed E-state index contributed by atoms with van der Waals surface area (Å²) in [5.74, 6) is 0.746. The minimum absolute atomic E-state index is 0.283. The van der Waals surface area contributed by atoms with Crippen molar-refractivity contribution < 1.29 is 8.42 Å². The molecule has 1 aromatic heterocycles. The normalized spacial score (nSPS) is 11.7. The average molecular weight is 309 g/mol. The lowest BCUT2D eigenvalue weighted by Gasteiger charge is -2.10. The summed E-state index contributed by atoms with van der Waals surface area (Å²) in [5.41, 5.74) is 7.05. The Balaban J connectivity index is 1.98. The van der Waals surface area contributed by atoms with E-state index in [-0.39, 0.29) is 4.90 Å². The molecule has 0 radical (unpaired) electrons. The highest BCUT2D eigenvalue weighted by atomic mass is 32.2. The smallest absolute Gasteiger partial charge is 0.240 e. The van der Waals surface area contributed by atoms with Gasteiger partial charge in [-0.25, -0.2) is 18.1 Å². The van der Waals surface area contributed by atoms with Gasteiger partial charge in [0.1, 0.15) is 12.2 Å². The van der Waals surface area contributed by atoms with Gasteiger partial charge in [0.15, 0.2) is 0 Å². The molecule has 2 aromatic rings. The number of nitrogens with two attached hydrogens (primary N) is 1. The van der Waals surface area contributed by atoms with E-state index in [9.17, 15) is 8.42 Å². The molecule has 4 N–H and O–H groups in total. The maximum atomic E-state index is 12.3. The SMILES string of the molecule is Cc1ccc(CN)cc1S(=O)(=O)NCCCc1ncn[nH]1. The third kappa shape index (κ3) is 4.10. The lowest BCUT2D eigenvalue weighted by molar-refractivity contribution is 0.577. The molecule has 21 heavy (non-hydrogen) atoms. The number of rotatable bonds is 7. The van der Waals surface area contributed by atoms with Crippen LogP contribution in [-0.2, 0) is 23.0 Å². The van der Waals surface area contributed by atoms with Crippen LogP contribution in [0.15, 0.2) is 29.4 Å². The lowest BCUT2D eigenvalue weighted by atomic mass is 10.1. The average Bonchev–Trinajstić information content (AvgIpc) is 2.97. The van der Waals surface area contributed by atoms with E-state index in [1.165, 1.54) is 6.33 Å². The van der Waals surface area contributed by atoms with Crippen LogP contribution < -0.4 is 10.5 Å². The Morgan fingerprint density at radius 3 is 2.86 bits per heavy atom. The van der Waals surface area contributed by atoms with E-state index in [4.69, 9.17) is 5.73 Å². The first-order chi connectivity index (χ1) is 10.0. The Bertz CT molecular complexity index is 683. The summed E-state index contributed by atoms with van der Waals surface area (Å²) in [4.78, 5) is 4.27. The first-order valence-corrected chi connectivity index (χ1v) is 8.15. The zero-order valence-electron chi connectivity index (χ0n) is 11.8. The molecule has 0 spiro atoms. The van der Waals surface area contributed by atoms with E-state index >= 15 is 0 Å². The number of nitrogens with zero attached hydrogens (tertiary/aromatic N) is 2. The van der Waals surface area contributed by atoms with Crippen molar-refractivity contribution in [1.82, 2.24) is 19.9 Å². The molecule has 0 atom stereocenters. The summed E-state index contributed by atoms with van der Waals surface area (Å²) in [7, 11) is -3.52. The second-order valence-corrected chi connectivity index (χ2v) is 6.47. The van der Waals surface area contributed by atoms with Gasteiger partial charge >= 0.3 is 0 Å². The van der Waals surface area contributed by atoms with Gasteiger partial charge < -0.3 is 5.73 Å². The second-order valence-electron chi connectivity index (χ2n) is 4.74. The van der Waals surface area contributed by atoms with Crippen molar-refractivity contribution in [3.8, 4) is 0 Å². The zero-order chi connectivity index (χ0) is 15.3. The summed E-state index contributed by atoms with van der Waals surface area (Å²) < 4.78 is 27.2. The molecule has 0 saturated carbocycles. The van der Waals surface area contributed by atoms with E-state index < -0.39 is 10.0 Å². The fraction of sp³-hybridized carbons (Fsp3) is 0.385. The number of benzene rings is 1. The quantitative estimate of drug-likeness (QED) is 0.644. The van der Waals surface area contributed by atoms with Gasteiger partial charge in [0.25, 0.3) is 0 Å². The summed E-state index contributed by atoms with van der Waals surface area (Å²) in [6, 6.07) is 5.22. The van der Waals surface area contributed by atoms with Crippen LogP contribution in [0.2, 0.25) is 0 Å². The van der Waals surface area contributed by atoms with E-state index in [0.717, 1.165) is 11.4 Å². The molecule has 1 heterocycles. The van der Waals surface area contributed by atoms with Crippen LogP contribution >= 0.6 is 0 Å². The summed E-state index contributed by atoms with van der Waals surface area (Å²) in [6.07, 6.45) is 2.72. The minimum atomic E-state index is -3.52. The number of aromatic amines is 1. The van der Waals surface area contributed by atoms with Crippen molar-refractivity contribution in [2.24, 2.45) is 5.73 Å². The van der Waals surface area contributed by atoms with E-state index in [1.807, 2.05) is 6.07 Å². The predicted octanol–water partition coefficient (Wildman–Crippen LogP) is 0.483. The Labute approximate surface area is 124 Å². The van der Waals surface area contributed by atoms with Crippen LogP contribution in [0.4, 0.5) is 0 Å². The Morgan fingerprint density at radius 1 is 1.38 bits per heavy atom. The van der Waals surface area contributed by atoms with Crippen LogP contribution in [0.1, 0.15) is 23.4 Å². The molecule has 0 amide bonds. The lowest BCUT2D eigenvalue weighted by Crippen LogP contribution is -2.26. The standard InChI is InChI=1S/C13H19N5O2S/c1-10-4-5-11(8-14)7-12(10)21(19,20)17-6-2-3-13-15-9-16-18-13/h4-5,7,9,17H,2-3,6,8,14H2,1H3,(H,15,16,18). The minimum Gasteiger partial charge on any atom is -0.326 e. The molecule has 0 saturated heterocycles. The third-order valence-electron chi connectivity index (χ3n) is 3.13. The van der Waals surface area contributed by atoms with E-state index in [1.54, 1.807) is 19.1 Å². The number of aryl methyl sites for hydroxylation is 2. The third-order valence-corrected chi connectivity index (χ3v) is 4.73. The van der Waals surface area contributed by atoms with Gasteiger partial charge in [-0.1, -0.05) is 12.1 Å². The van der Waals surface area contributed by atoms with Crippen LogP contribution in [0, 0.1) is 6.92 Å². The van der Waals surface area contributed by atoms with E-state index in [2.05, 4.69) is 19.9 Å². The monoisotopic (exact) mass is 309 g/mol. The van der Waals surface area contributed by atoms with Gasteiger partial charge in [-0.2, -0.15) is 5.10 Å². The Morgan fingerprint density at radius 2 is 2.19 bits per heavy atom. The maximum absolute atomic E-state index is 12.3. The molecule has 0 aliphatic carbocycles. The largest absolute Gasteiger partial charge is 0.326 e. The maximum Gasteiger partial charge on any atom is 0.240 e. The number of sulfonamides is 1. The molecular weight excluding hydrogens is 290 g/mol. The fourth-order valence-electron chi connectivity index (χ4n) is 1.95. The van der Waals surface area contributed by atoms with Crippen molar-refractivity contribution in [2.45, 2.75) is 31.2 Å². The van der Waals surface area contributed by atoms with Gasteiger partial charge in [-0.05, 0) is 30.5 Å². The molecule has 0 fully saturated rings. The molecule has 0 aliphatic heterocycles. The first kappa shape index (κ1) is 15.6. The molecule has 0 unspecified atom stereocenters. The summed E-state index contributed by atoms with van der Waals surface area (Å²) in [5, 5.41) is 6.48. The first-order valence-electron chi connectivity index (χ1n) is 6.66. The summed E-state index contributed by atoms with van der Waals surface area (Å²) in [6.45, 7) is 2.42. The summed E-state index contributed by atoms with van der Waals surface area (Å²) >= 11 is 0. The van der Waals surface area contributed by atoms with Crippen molar-refractivity contribution in [2.75, 3.05) is 6.54 Å². The highest BCUT2D eigenvalue weighted by Gasteiger charge is 2.16. The van der Waals surface area contributed by atoms with Crippen LogP contribution in [-0.4, -0.2) is 30.1 Å². The molecule has 0 aliphatic rings. The topological polar surface area (TPSA) is 114 Å². The van der Waals surface area contributed by atoms with Crippen molar-refractivity contribution in [1.29, 1.82) is 0 Å². The van der Waals surface area contributed by atoms with Crippen molar-refractivity contribution in [3.63, 3.8) is 0 Å². The Kier molecular flexibility index (Phi) is 5.05. The zero-order valence-corrected chi connectivity index (χ0v) is 12.7. The van der Waals surface area contributed by atoms with Crippen LogP contribution in [0.5, 0.6) is 0 Å². The molecule has 8 heteroatoms. The van der Waals surface area contributed by atoms with Gasteiger partial charge in [0.05, 0.1) is 4.90 Å². The molecule has 114 valence electrons. The number of nitrogens with one attached hydrogen (secondary N) is 2. The van der Waals surface area contributed by atoms with Crippen LogP contribution in [0.25, 0.3) is 0 Å². The predicted molar refractivity (Wildman–Crippen MR) is 79.0 cm³/mol. The fourth-order valence-corrected chi connectivity index (χ4v) is 3.32. The highest BCUT2D eigenvalue weighted by Crippen LogP contribution is 2.16. The van der Waals surface area contributed by atoms with Crippen molar-refractivity contribution in [3.05, 3.63) is 41.5 Å². The molecular formula is C13H19N5O2S. The second kappa shape index (κ2) is 6.79.